The van der Waals surface area contributed by atoms with Crippen LogP contribution in [0.1, 0.15) is 16.7 Å². The number of aromatic nitrogens is 1. The van der Waals surface area contributed by atoms with E-state index < -0.39 is 0 Å². The number of nitrogens with one attached hydrogen (secondary N) is 1. The van der Waals surface area contributed by atoms with Crippen LogP contribution >= 0.6 is 0 Å². The normalized spacial score (nSPS) is 11.0. The standard InChI is InChI=1S/C24H21FN2/c1-17-5-7-18(8-6-17)14-27-15-20-9-10-22(19-3-2-4-21(25)13-19)23-11-12-26-16-24(20)23/h2-13,16,27H,14-15H2,1H3. The van der Waals surface area contributed by atoms with Crippen molar-refractivity contribution < 1.29 is 4.39 Å². The highest BCUT2D eigenvalue weighted by Crippen LogP contribution is 2.30. The SMILES string of the molecule is Cc1ccc(CNCc2ccc(-c3cccc(F)c3)c3ccncc23)cc1. The van der Waals surface area contributed by atoms with Crippen LogP contribution in [0.4, 0.5) is 4.39 Å². The summed E-state index contributed by atoms with van der Waals surface area (Å²) in [6.07, 6.45) is 3.68. The molecule has 4 aromatic rings. The van der Waals surface area contributed by atoms with Crippen molar-refractivity contribution in [2.45, 2.75) is 20.0 Å². The van der Waals surface area contributed by atoms with E-state index in [4.69, 9.17) is 0 Å². The topological polar surface area (TPSA) is 24.9 Å². The second-order valence-corrected chi connectivity index (χ2v) is 6.79. The molecule has 134 valence electrons. The van der Waals surface area contributed by atoms with Gasteiger partial charge < -0.3 is 5.32 Å². The molecular weight excluding hydrogens is 335 g/mol. The zero-order valence-electron chi connectivity index (χ0n) is 15.2. The van der Waals surface area contributed by atoms with Gasteiger partial charge in [-0.2, -0.15) is 0 Å². The summed E-state index contributed by atoms with van der Waals surface area (Å²) in [6, 6.07) is 21.5. The number of fused-ring (bicyclic) bond motifs is 1. The Morgan fingerprint density at radius 3 is 2.56 bits per heavy atom. The summed E-state index contributed by atoms with van der Waals surface area (Å²) < 4.78 is 13.7. The lowest BCUT2D eigenvalue weighted by Crippen LogP contribution is -2.13. The van der Waals surface area contributed by atoms with E-state index in [1.807, 2.05) is 18.3 Å². The average molecular weight is 356 g/mol. The first-order chi connectivity index (χ1) is 13.2. The minimum Gasteiger partial charge on any atom is -0.309 e. The molecule has 0 spiro atoms. The monoisotopic (exact) mass is 356 g/mol. The van der Waals surface area contributed by atoms with Gasteiger partial charge in [0.25, 0.3) is 0 Å². The van der Waals surface area contributed by atoms with Crippen LogP contribution in [0, 0.1) is 12.7 Å². The van der Waals surface area contributed by atoms with Crippen LogP contribution in [0.3, 0.4) is 0 Å². The van der Waals surface area contributed by atoms with Gasteiger partial charge in [0, 0.05) is 30.9 Å². The number of hydrogen-bond donors (Lipinski definition) is 1. The third-order valence-corrected chi connectivity index (χ3v) is 4.81. The van der Waals surface area contributed by atoms with Gasteiger partial charge in [-0.25, -0.2) is 4.39 Å². The van der Waals surface area contributed by atoms with Crippen LogP contribution in [-0.2, 0) is 13.1 Å². The van der Waals surface area contributed by atoms with Crippen molar-refractivity contribution in [2.24, 2.45) is 0 Å². The summed E-state index contributed by atoms with van der Waals surface area (Å²) in [4.78, 5) is 4.30. The molecule has 0 saturated carbocycles. The summed E-state index contributed by atoms with van der Waals surface area (Å²) in [7, 11) is 0. The van der Waals surface area contributed by atoms with E-state index in [9.17, 15) is 4.39 Å². The van der Waals surface area contributed by atoms with Crippen LogP contribution in [-0.4, -0.2) is 4.98 Å². The van der Waals surface area contributed by atoms with E-state index in [0.29, 0.717) is 0 Å². The molecule has 4 rings (SSSR count). The van der Waals surface area contributed by atoms with Crippen LogP contribution in [0.2, 0.25) is 0 Å². The van der Waals surface area contributed by atoms with E-state index in [2.05, 4.69) is 53.6 Å². The Labute approximate surface area is 158 Å². The molecule has 1 N–H and O–H groups in total. The van der Waals surface area contributed by atoms with Gasteiger partial charge in [-0.15, -0.1) is 0 Å². The molecule has 0 atom stereocenters. The fourth-order valence-corrected chi connectivity index (χ4v) is 3.36. The molecule has 0 aliphatic heterocycles. The first-order valence-electron chi connectivity index (χ1n) is 9.08. The molecule has 0 unspecified atom stereocenters. The third kappa shape index (κ3) is 3.88. The van der Waals surface area contributed by atoms with Crippen molar-refractivity contribution in [3.63, 3.8) is 0 Å². The molecule has 3 heteroatoms. The maximum atomic E-state index is 13.7. The predicted molar refractivity (Wildman–Crippen MR) is 109 cm³/mol. The van der Waals surface area contributed by atoms with Crippen LogP contribution in [0.25, 0.3) is 21.9 Å². The van der Waals surface area contributed by atoms with Gasteiger partial charge in [0.05, 0.1) is 0 Å². The zero-order valence-corrected chi connectivity index (χ0v) is 15.2. The van der Waals surface area contributed by atoms with E-state index >= 15 is 0 Å². The second-order valence-electron chi connectivity index (χ2n) is 6.79. The smallest absolute Gasteiger partial charge is 0.123 e. The van der Waals surface area contributed by atoms with Gasteiger partial charge in [-0.1, -0.05) is 54.1 Å². The third-order valence-electron chi connectivity index (χ3n) is 4.81. The van der Waals surface area contributed by atoms with Crippen molar-refractivity contribution in [2.75, 3.05) is 0 Å². The highest BCUT2D eigenvalue weighted by Gasteiger charge is 2.08. The molecule has 3 aromatic carbocycles. The Hall–Kier alpha value is -3.04. The fourth-order valence-electron chi connectivity index (χ4n) is 3.36. The maximum Gasteiger partial charge on any atom is 0.123 e. The van der Waals surface area contributed by atoms with E-state index in [1.165, 1.54) is 22.8 Å². The Morgan fingerprint density at radius 2 is 1.74 bits per heavy atom. The molecule has 1 aromatic heterocycles. The predicted octanol–water partition coefficient (Wildman–Crippen LogP) is 5.64. The average Bonchev–Trinajstić information content (AvgIpc) is 2.69. The first kappa shape index (κ1) is 17.4. The Morgan fingerprint density at radius 1 is 0.889 bits per heavy atom. The number of pyridine rings is 1. The molecule has 0 aliphatic rings. The Bertz CT molecular complexity index is 1070. The molecule has 0 amide bonds. The van der Waals surface area contributed by atoms with Crippen molar-refractivity contribution in [1.29, 1.82) is 0 Å². The van der Waals surface area contributed by atoms with Crippen molar-refractivity contribution in [3.8, 4) is 11.1 Å². The lowest BCUT2D eigenvalue weighted by Gasteiger charge is -2.12. The highest BCUT2D eigenvalue weighted by atomic mass is 19.1. The first-order valence-corrected chi connectivity index (χ1v) is 9.08. The molecular formula is C24H21FN2. The number of benzene rings is 3. The molecule has 27 heavy (non-hydrogen) atoms. The molecule has 1 heterocycles. The van der Waals surface area contributed by atoms with Gasteiger partial charge in [-0.3, -0.25) is 4.98 Å². The molecule has 0 bridgehead atoms. The van der Waals surface area contributed by atoms with Crippen LogP contribution < -0.4 is 5.32 Å². The maximum absolute atomic E-state index is 13.7. The van der Waals surface area contributed by atoms with E-state index in [1.54, 1.807) is 18.3 Å². The number of hydrogen-bond acceptors (Lipinski definition) is 2. The molecule has 2 nitrogen and oxygen atoms in total. The minimum absolute atomic E-state index is 0.224. The quantitative estimate of drug-likeness (QED) is 0.500. The largest absolute Gasteiger partial charge is 0.309 e. The van der Waals surface area contributed by atoms with Crippen molar-refractivity contribution in [1.82, 2.24) is 10.3 Å². The fraction of sp³-hybridized carbons (Fsp3) is 0.125. The molecule has 0 saturated heterocycles. The number of nitrogens with zero attached hydrogens (tertiary/aromatic N) is 1. The summed E-state index contributed by atoms with van der Waals surface area (Å²) in [6.45, 7) is 3.66. The van der Waals surface area contributed by atoms with E-state index in [0.717, 1.165) is 35.0 Å². The number of rotatable bonds is 5. The highest BCUT2D eigenvalue weighted by molar-refractivity contribution is 5.98. The van der Waals surface area contributed by atoms with Crippen LogP contribution in [0.5, 0.6) is 0 Å². The zero-order chi connectivity index (χ0) is 18.6. The van der Waals surface area contributed by atoms with Crippen LogP contribution in [0.15, 0.2) is 79.1 Å². The van der Waals surface area contributed by atoms with Crippen molar-refractivity contribution in [3.05, 3.63) is 102 Å². The lowest BCUT2D eigenvalue weighted by molar-refractivity contribution is 0.628. The van der Waals surface area contributed by atoms with Crippen molar-refractivity contribution >= 4 is 10.8 Å². The summed E-state index contributed by atoms with van der Waals surface area (Å²) in [5.41, 5.74) is 5.62. The Kier molecular flexibility index (Phi) is 4.95. The minimum atomic E-state index is -0.224. The Balaban J connectivity index is 1.61. The van der Waals surface area contributed by atoms with Gasteiger partial charge in [0.15, 0.2) is 0 Å². The second kappa shape index (κ2) is 7.68. The lowest BCUT2D eigenvalue weighted by atomic mass is 9.96. The van der Waals surface area contributed by atoms with Gasteiger partial charge in [-0.05, 0) is 52.8 Å². The van der Waals surface area contributed by atoms with Gasteiger partial charge in [0.1, 0.15) is 5.82 Å². The number of halogens is 1. The molecule has 0 radical (unpaired) electrons. The van der Waals surface area contributed by atoms with Gasteiger partial charge >= 0.3 is 0 Å². The van der Waals surface area contributed by atoms with E-state index in [-0.39, 0.29) is 5.82 Å². The summed E-state index contributed by atoms with van der Waals surface area (Å²) in [5, 5.41) is 5.69. The van der Waals surface area contributed by atoms with Gasteiger partial charge in [0.2, 0.25) is 0 Å². The molecule has 0 aliphatic carbocycles. The summed E-state index contributed by atoms with van der Waals surface area (Å²) in [5.74, 6) is -0.224. The number of aryl methyl sites for hydroxylation is 1. The summed E-state index contributed by atoms with van der Waals surface area (Å²) >= 11 is 0. The molecule has 0 fully saturated rings.